The largest absolute Gasteiger partial charge is 0.365 e. The molecule has 152 valence electrons. The van der Waals surface area contributed by atoms with Crippen molar-refractivity contribution in [1.82, 2.24) is 9.97 Å². The van der Waals surface area contributed by atoms with Crippen LogP contribution < -0.4 is 22.1 Å². The van der Waals surface area contributed by atoms with E-state index in [1.54, 1.807) is 6.20 Å². The summed E-state index contributed by atoms with van der Waals surface area (Å²) in [7, 11) is 0. The summed E-state index contributed by atoms with van der Waals surface area (Å²) in [6.45, 7) is 5.71. The molecule has 0 bridgehead atoms. The number of anilines is 3. The Kier molecular flexibility index (Phi) is 5.93. The van der Waals surface area contributed by atoms with Gasteiger partial charge in [0.25, 0.3) is 5.91 Å². The highest BCUT2D eigenvalue weighted by Gasteiger charge is 2.19. The fraction of sp³-hybridized carbons (Fsp3) is 0.286. The maximum absolute atomic E-state index is 14.5. The van der Waals surface area contributed by atoms with Crippen molar-refractivity contribution in [3.63, 3.8) is 0 Å². The van der Waals surface area contributed by atoms with Crippen LogP contribution in [0.25, 0.3) is 10.8 Å². The van der Waals surface area contributed by atoms with Crippen molar-refractivity contribution in [2.75, 3.05) is 10.6 Å². The summed E-state index contributed by atoms with van der Waals surface area (Å²) in [4.78, 5) is 20.4. The first-order valence-corrected chi connectivity index (χ1v) is 9.45. The Morgan fingerprint density at radius 2 is 2.00 bits per heavy atom. The van der Waals surface area contributed by atoms with Crippen LogP contribution in [0.2, 0.25) is 0 Å². The van der Waals surface area contributed by atoms with E-state index >= 15 is 0 Å². The van der Waals surface area contributed by atoms with Gasteiger partial charge < -0.3 is 22.1 Å². The minimum Gasteiger partial charge on any atom is -0.365 e. The number of rotatable bonds is 7. The number of nitrogens with zero attached hydrogens (tertiary/aromatic N) is 2. The number of aromatic nitrogens is 2. The van der Waals surface area contributed by atoms with E-state index in [9.17, 15) is 9.18 Å². The number of carbonyl (C=O) groups excluding carboxylic acids is 1. The number of hydrogen-bond donors (Lipinski definition) is 4. The maximum atomic E-state index is 14.5. The number of primary amides is 1. The molecule has 0 saturated heterocycles. The van der Waals surface area contributed by atoms with Crippen LogP contribution in [-0.4, -0.2) is 28.0 Å². The van der Waals surface area contributed by atoms with Gasteiger partial charge in [-0.05, 0) is 49.9 Å². The van der Waals surface area contributed by atoms with Crippen LogP contribution >= 0.6 is 0 Å². The molecule has 0 aliphatic rings. The molecule has 3 rings (SSSR count). The fourth-order valence-electron chi connectivity index (χ4n) is 3.20. The minimum absolute atomic E-state index is 0.0162. The van der Waals surface area contributed by atoms with Crippen LogP contribution in [0.3, 0.4) is 0 Å². The van der Waals surface area contributed by atoms with Crippen molar-refractivity contribution in [3.05, 3.63) is 53.6 Å². The molecule has 3 aromatic rings. The van der Waals surface area contributed by atoms with Crippen molar-refractivity contribution < 1.29 is 9.18 Å². The molecule has 1 aromatic carbocycles. The van der Waals surface area contributed by atoms with Gasteiger partial charge in [0, 0.05) is 35.0 Å². The summed E-state index contributed by atoms with van der Waals surface area (Å²) in [5, 5.41) is 8.09. The molecule has 0 saturated carbocycles. The molecule has 8 heteroatoms. The smallest absolute Gasteiger partial charge is 0.252 e. The number of amides is 1. The lowest BCUT2D eigenvalue weighted by Gasteiger charge is -2.22. The molecule has 29 heavy (non-hydrogen) atoms. The van der Waals surface area contributed by atoms with E-state index in [1.807, 2.05) is 45.0 Å². The first kappa shape index (κ1) is 20.5. The van der Waals surface area contributed by atoms with Crippen LogP contribution in [0.4, 0.5) is 21.7 Å². The quantitative estimate of drug-likeness (QED) is 0.486. The average Bonchev–Trinajstić information content (AvgIpc) is 2.67. The number of fused-ring (bicyclic) bond motifs is 1. The van der Waals surface area contributed by atoms with Gasteiger partial charge in [0.1, 0.15) is 5.82 Å². The number of nitrogens with two attached hydrogens (primary N) is 2. The first-order chi connectivity index (χ1) is 13.8. The molecule has 0 aliphatic carbocycles. The summed E-state index contributed by atoms with van der Waals surface area (Å²) in [5.41, 5.74) is 13.0. The van der Waals surface area contributed by atoms with E-state index in [0.717, 1.165) is 22.5 Å². The topological polar surface area (TPSA) is 119 Å². The minimum atomic E-state index is -0.773. The standard InChI is InChI=1S/C21H25FN6O/c1-4-18(11(2)23)27-21-17(22)10-16(19(24)29)20(28-21)26-14-5-6-15-12(3)25-8-7-13(15)9-14/h5-11,18H,4,23H2,1-3H3,(H2,24,29)(H2,26,27,28)/t11-,18+/m0/s1. The van der Waals surface area contributed by atoms with E-state index < -0.39 is 11.7 Å². The summed E-state index contributed by atoms with van der Waals surface area (Å²) in [5.74, 6) is -1.25. The molecular weight excluding hydrogens is 371 g/mol. The average molecular weight is 396 g/mol. The van der Waals surface area contributed by atoms with Crippen LogP contribution in [0, 0.1) is 12.7 Å². The molecule has 0 unspecified atom stereocenters. The first-order valence-electron chi connectivity index (χ1n) is 9.45. The van der Waals surface area contributed by atoms with Crippen molar-refractivity contribution in [3.8, 4) is 0 Å². The van der Waals surface area contributed by atoms with Gasteiger partial charge >= 0.3 is 0 Å². The van der Waals surface area contributed by atoms with E-state index in [-0.39, 0.29) is 29.3 Å². The molecule has 0 fully saturated rings. The van der Waals surface area contributed by atoms with Crippen LogP contribution in [0.5, 0.6) is 0 Å². The zero-order chi connectivity index (χ0) is 21.1. The second-order valence-electron chi connectivity index (χ2n) is 7.05. The lowest BCUT2D eigenvalue weighted by atomic mass is 10.1. The highest BCUT2D eigenvalue weighted by Crippen LogP contribution is 2.27. The molecule has 2 aromatic heterocycles. The normalized spacial score (nSPS) is 13.1. The van der Waals surface area contributed by atoms with Gasteiger partial charge in [-0.2, -0.15) is 0 Å². The summed E-state index contributed by atoms with van der Waals surface area (Å²) in [6, 6.07) is 8.28. The van der Waals surface area contributed by atoms with E-state index in [0.29, 0.717) is 12.1 Å². The zero-order valence-corrected chi connectivity index (χ0v) is 16.7. The second kappa shape index (κ2) is 8.40. The molecule has 0 spiro atoms. The molecular formula is C21H25FN6O. The van der Waals surface area contributed by atoms with E-state index in [4.69, 9.17) is 11.5 Å². The third-order valence-electron chi connectivity index (χ3n) is 4.86. The molecule has 0 aliphatic heterocycles. The second-order valence-corrected chi connectivity index (χ2v) is 7.05. The Balaban J connectivity index is 2.00. The van der Waals surface area contributed by atoms with Crippen LogP contribution in [0.15, 0.2) is 36.5 Å². The van der Waals surface area contributed by atoms with Gasteiger partial charge in [-0.1, -0.05) is 13.0 Å². The Hall–Kier alpha value is -3.26. The summed E-state index contributed by atoms with van der Waals surface area (Å²) in [6.07, 6.45) is 2.42. The number of benzene rings is 1. The van der Waals surface area contributed by atoms with Gasteiger partial charge in [-0.25, -0.2) is 9.37 Å². The van der Waals surface area contributed by atoms with Crippen LogP contribution in [0.1, 0.15) is 36.3 Å². The van der Waals surface area contributed by atoms with Crippen molar-refractivity contribution >= 4 is 34.0 Å². The monoisotopic (exact) mass is 396 g/mol. The number of nitrogens with one attached hydrogen (secondary N) is 2. The number of halogens is 1. The maximum Gasteiger partial charge on any atom is 0.252 e. The number of aryl methyl sites for hydroxylation is 1. The molecule has 6 N–H and O–H groups in total. The lowest BCUT2D eigenvalue weighted by Crippen LogP contribution is -2.38. The van der Waals surface area contributed by atoms with Gasteiger partial charge in [0.05, 0.1) is 5.56 Å². The Labute approximate surface area is 168 Å². The van der Waals surface area contributed by atoms with Gasteiger partial charge in [0.15, 0.2) is 11.6 Å². The molecule has 7 nitrogen and oxygen atoms in total. The summed E-state index contributed by atoms with van der Waals surface area (Å²) >= 11 is 0. The summed E-state index contributed by atoms with van der Waals surface area (Å²) < 4.78 is 14.5. The Morgan fingerprint density at radius 1 is 1.24 bits per heavy atom. The highest BCUT2D eigenvalue weighted by atomic mass is 19.1. The Morgan fingerprint density at radius 3 is 2.66 bits per heavy atom. The van der Waals surface area contributed by atoms with Gasteiger partial charge in [0.2, 0.25) is 0 Å². The van der Waals surface area contributed by atoms with Crippen molar-refractivity contribution in [1.29, 1.82) is 0 Å². The number of pyridine rings is 2. The van der Waals surface area contributed by atoms with Crippen molar-refractivity contribution in [2.45, 2.75) is 39.3 Å². The predicted octanol–water partition coefficient (Wildman–Crippen LogP) is 3.46. The predicted molar refractivity (Wildman–Crippen MR) is 114 cm³/mol. The SMILES string of the molecule is CC[C@@H](Nc1nc(Nc2ccc3c(C)nccc3c2)c(C(N)=O)cc1F)[C@H](C)N. The highest BCUT2D eigenvalue weighted by molar-refractivity contribution is 5.99. The molecule has 2 heterocycles. The number of carbonyl (C=O) groups is 1. The van der Waals surface area contributed by atoms with E-state index in [2.05, 4.69) is 20.6 Å². The van der Waals surface area contributed by atoms with Crippen molar-refractivity contribution in [2.24, 2.45) is 11.5 Å². The van der Waals surface area contributed by atoms with E-state index in [1.165, 1.54) is 0 Å². The lowest BCUT2D eigenvalue weighted by molar-refractivity contribution is 0.100. The Bertz CT molecular complexity index is 1050. The van der Waals surface area contributed by atoms with Gasteiger partial charge in [-0.3, -0.25) is 9.78 Å². The molecule has 2 atom stereocenters. The molecule has 1 amide bonds. The number of hydrogen-bond acceptors (Lipinski definition) is 6. The zero-order valence-electron chi connectivity index (χ0n) is 16.7. The molecule has 0 radical (unpaired) electrons. The fourth-order valence-corrected chi connectivity index (χ4v) is 3.20. The van der Waals surface area contributed by atoms with Gasteiger partial charge in [-0.15, -0.1) is 0 Å². The third-order valence-corrected chi connectivity index (χ3v) is 4.86. The third kappa shape index (κ3) is 4.43. The van der Waals surface area contributed by atoms with Crippen LogP contribution in [-0.2, 0) is 0 Å².